The number of nitrogens with two attached hydrogens (primary N) is 1. The van der Waals surface area contributed by atoms with Gasteiger partial charge in [0.2, 0.25) is 0 Å². The number of benzene rings is 1. The molecule has 0 amide bonds. The number of rotatable bonds is 3. The lowest BCUT2D eigenvalue weighted by Crippen LogP contribution is -2.11. The molecular weight excluding hydrogens is 208 g/mol. The minimum Gasteiger partial charge on any atom is -0.477 e. The Morgan fingerprint density at radius 2 is 2.13 bits per heavy atom. The quantitative estimate of drug-likeness (QED) is 0.758. The molecule has 1 rings (SSSR count). The normalized spacial score (nSPS) is 10.4. The number of nitrogen functional groups attached to an aromatic ring is 1. The standard InChI is InChI=1S/C9H9F2NO3/c1-4-2-3-5(12)6(8(13)14)7(4)15-9(10)11/h2-3,9H,12H2,1H3,(H,13,14). The van der Waals surface area contributed by atoms with Crippen LogP contribution in [-0.2, 0) is 0 Å². The van der Waals surface area contributed by atoms with Gasteiger partial charge in [0.15, 0.2) is 0 Å². The van der Waals surface area contributed by atoms with Crippen molar-refractivity contribution >= 4 is 11.7 Å². The second kappa shape index (κ2) is 4.12. The van der Waals surface area contributed by atoms with Crippen LogP contribution in [0.25, 0.3) is 0 Å². The zero-order valence-corrected chi connectivity index (χ0v) is 7.83. The summed E-state index contributed by atoms with van der Waals surface area (Å²) in [6, 6.07) is 2.75. The summed E-state index contributed by atoms with van der Waals surface area (Å²) in [6.45, 7) is -1.62. The third-order valence-corrected chi connectivity index (χ3v) is 1.81. The Hall–Kier alpha value is -1.85. The molecule has 0 aliphatic carbocycles. The van der Waals surface area contributed by atoms with E-state index in [4.69, 9.17) is 10.8 Å². The van der Waals surface area contributed by atoms with E-state index in [2.05, 4.69) is 4.74 Å². The maximum absolute atomic E-state index is 12.0. The molecule has 3 N–H and O–H groups in total. The van der Waals surface area contributed by atoms with Gasteiger partial charge < -0.3 is 15.6 Å². The van der Waals surface area contributed by atoms with Gasteiger partial charge in [-0.2, -0.15) is 8.78 Å². The van der Waals surface area contributed by atoms with E-state index in [1.807, 2.05) is 0 Å². The van der Waals surface area contributed by atoms with E-state index in [9.17, 15) is 13.6 Å². The largest absolute Gasteiger partial charge is 0.477 e. The summed E-state index contributed by atoms with van der Waals surface area (Å²) < 4.78 is 28.2. The summed E-state index contributed by atoms with van der Waals surface area (Å²) in [5.41, 5.74) is 5.11. The Balaban J connectivity index is 3.31. The van der Waals surface area contributed by atoms with Gasteiger partial charge in [0.1, 0.15) is 11.3 Å². The smallest absolute Gasteiger partial charge is 0.387 e. The maximum Gasteiger partial charge on any atom is 0.387 e. The van der Waals surface area contributed by atoms with E-state index < -0.39 is 23.9 Å². The van der Waals surface area contributed by atoms with E-state index in [1.54, 1.807) is 0 Å². The molecule has 82 valence electrons. The first kappa shape index (κ1) is 11.2. The fourth-order valence-corrected chi connectivity index (χ4v) is 1.16. The Morgan fingerprint density at radius 3 is 2.60 bits per heavy atom. The van der Waals surface area contributed by atoms with Crippen molar-refractivity contribution in [3.63, 3.8) is 0 Å². The van der Waals surface area contributed by atoms with Crippen LogP contribution >= 0.6 is 0 Å². The molecular formula is C9H9F2NO3. The van der Waals surface area contributed by atoms with Gasteiger partial charge in [-0.15, -0.1) is 0 Å². The van der Waals surface area contributed by atoms with Crippen LogP contribution in [0.15, 0.2) is 12.1 Å². The molecule has 0 saturated carbocycles. The highest BCUT2D eigenvalue weighted by Crippen LogP contribution is 2.29. The summed E-state index contributed by atoms with van der Waals surface area (Å²) in [5, 5.41) is 8.78. The minimum atomic E-state index is -3.08. The SMILES string of the molecule is Cc1ccc(N)c(C(=O)O)c1OC(F)F. The van der Waals surface area contributed by atoms with Crippen LogP contribution in [0, 0.1) is 6.92 Å². The van der Waals surface area contributed by atoms with Crippen LogP contribution in [0.3, 0.4) is 0 Å². The van der Waals surface area contributed by atoms with E-state index >= 15 is 0 Å². The molecule has 0 bridgehead atoms. The third-order valence-electron chi connectivity index (χ3n) is 1.81. The lowest BCUT2D eigenvalue weighted by atomic mass is 10.1. The molecule has 0 radical (unpaired) electrons. The summed E-state index contributed by atoms with van der Waals surface area (Å²) in [7, 11) is 0. The van der Waals surface area contributed by atoms with Crippen molar-refractivity contribution in [2.24, 2.45) is 0 Å². The first-order valence-electron chi connectivity index (χ1n) is 4.00. The number of anilines is 1. The van der Waals surface area contributed by atoms with Gasteiger partial charge in [-0.25, -0.2) is 4.79 Å². The van der Waals surface area contributed by atoms with Gasteiger partial charge >= 0.3 is 12.6 Å². The van der Waals surface area contributed by atoms with Crippen molar-refractivity contribution in [1.82, 2.24) is 0 Å². The molecule has 0 saturated heterocycles. The molecule has 1 aromatic carbocycles. The van der Waals surface area contributed by atoms with E-state index in [0.29, 0.717) is 5.56 Å². The van der Waals surface area contributed by atoms with Gasteiger partial charge in [-0.3, -0.25) is 0 Å². The molecule has 0 aromatic heterocycles. The van der Waals surface area contributed by atoms with Crippen molar-refractivity contribution in [2.45, 2.75) is 13.5 Å². The number of hydrogen-bond donors (Lipinski definition) is 2. The van der Waals surface area contributed by atoms with Gasteiger partial charge in [-0.1, -0.05) is 6.07 Å². The molecule has 0 heterocycles. The number of halogens is 2. The van der Waals surface area contributed by atoms with Crippen molar-refractivity contribution < 1.29 is 23.4 Å². The summed E-state index contributed by atoms with van der Waals surface area (Å²) in [6.07, 6.45) is 0. The Morgan fingerprint density at radius 1 is 1.53 bits per heavy atom. The van der Waals surface area contributed by atoms with Crippen LogP contribution in [0.1, 0.15) is 15.9 Å². The average molecular weight is 217 g/mol. The lowest BCUT2D eigenvalue weighted by molar-refractivity contribution is -0.0507. The Kier molecular flexibility index (Phi) is 3.08. The minimum absolute atomic E-state index is 0.108. The third kappa shape index (κ3) is 2.34. The second-order valence-corrected chi connectivity index (χ2v) is 2.86. The predicted molar refractivity (Wildman–Crippen MR) is 49.2 cm³/mol. The van der Waals surface area contributed by atoms with Crippen molar-refractivity contribution in [3.05, 3.63) is 23.3 Å². The van der Waals surface area contributed by atoms with Gasteiger partial charge in [0.25, 0.3) is 0 Å². The zero-order valence-electron chi connectivity index (χ0n) is 7.83. The summed E-state index contributed by atoms with van der Waals surface area (Å²) in [4.78, 5) is 10.8. The Labute approximate surface area is 84.3 Å². The van der Waals surface area contributed by atoms with Crippen molar-refractivity contribution in [1.29, 1.82) is 0 Å². The van der Waals surface area contributed by atoms with Gasteiger partial charge in [-0.05, 0) is 18.6 Å². The van der Waals surface area contributed by atoms with Crippen LogP contribution in [-0.4, -0.2) is 17.7 Å². The molecule has 1 aromatic rings. The highest BCUT2D eigenvalue weighted by molar-refractivity contribution is 5.97. The molecule has 0 aliphatic heterocycles. The fourth-order valence-electron chi connectivity index (χ4n) is 1.16. The number of hydrogen-bond acceptors (Lipinski definition) is 3. The van der Waals surface area contributed by atoms with E-state index in [0.717, 1.165) is 0 Å². The number of carbonyl (C=O) groups is 1. The monoisotopic (exact) mass is 217 g/mol. The van der Waals surface area contributed by atoms with Crippen LogP contribution in [0.5, 0.6) is 5.75 Å². The fraction of sp³-hybridized carbons (Fsp3) is 0.222. The number of carboxylic acid groups (broad SMARTS) is 1. The molecule has 15 heavy (non-hydrogen) atoms. The molecule has 0 unspecified atom stereocenters. The average Bonchev–Trinajstić information content (AvgIpc) is 2.10. The maximum atomic E-state index is 12.0. The van der Waals surface area contributed by atoms with Crippen molar-refractivity contribution in [2.75, 3.05) is 5.73 Å². The first-order chi connectivity index (χ1) is 6.93. The van der Waals surface area contributed by atoms with Crippen molar-refractivity contribution in [3.8, 4) is 5.75 Å². The number of aromatic carboxylic acids is 1. The number of carboxylic acids is 1. The molecule has 0 spiro atoms. The summed E-state index contributed by atoms with van der Waals surface area (Å²) in [5.74, 6) is -1.79. The highest BCUT2D eigenvalue weighted by atomic mass is 19.3. The lowest BCUT2D eigenvalue weighted by Gasteiger charge is -2.12. The molecule has 4 nitrogen and oxygen atoms in total. The first-order valence-corrected chi connectivity index (χ1v) is 4.00. The molecule has 6 heteroatoms. The number of ether oxygens (including phenoxy) is 1. The molecule has 0 atom stereocenters. The van der Waals surface area contributed by atoms with Crippen LogP contribution in [0.4, 0.5) is 14.5 Å². The summed E-state index contributed by atoms with van der Waals surface area (Å²) >= 11 is 0. The van der Waals surface area contributed by atoms with Gasteiger partial charge in [0, 0.05) is 5.69 Å². The predicted octanol–water partition coefficient (Wildman–Crippen LogP) is 1.88. The van der Waals surface area contributed by atoms with Crippen LogP contribution < -0.4 is 10.5 Å². The van der Waals surface area contributed by atoms with E-state index in [-0.39, 0.29) is 5.69 Å². The molecule has 0 aliphatic rings. The van der Waals surface area contributed by atoms with Gasteiger partial charge in [0.05, 0.1) is 0 Å². The second-order valence-electron chi connectivity index (χ2n) is 2.86. The highest BCUT2D eigenvalue weighted by Gasteiger charge is 2.20. The zero-order chi connectivity index (χ0) is 11.6. The number of alkyl halides is 2. The van der Waals surface area contributed by atoms with Crippen LogP contribution in [0.2, 0.25) is 0 Å². The molecule has 0 fully saturated rings. The number of aryl methyl sites for hydroxylation is 1. The Bertz CT molecular complexity index is 393. The van der Waals surface area contributed by atoms with E-state index in [1.165, 1.54) is 19.1 Å². The topological polar surface area (TPSA) is 72.6 Å².